The van der Waals surface area contributed by atoms with Gasteiger partial charge in [0.15, 0.2) is 5.76 Å². The van der Waals surface area contributed by atoms with Crippen LogP contribution in [-0.4, -0.2) is 42.9 Å². The molecule has 4 nitrogen and oxygen atoms in total. The van der Waals surface area contributed by atoms with E-state index in [1.165, 1.54) is 6.07 Å². The van der Waals surface area contributed by atoms with Crippen LogP contribution in [0.15, 0.2) is 40.8 Å². The lowest BCUT2D eigenvalue weighted by molar-refractivity contribution is 0.0633. The summed E-state index contributed by atoms with van der Waals surface area (Å²) in [6, 6.07) is 10.4. The summed E-state index contributed by atoms with van der Waals surface area (Å²) in [5, 5.41) is 0. The number of benzene rings is 1. The molecule has 1 saturated heterocycles. The molecular weight excluding hydrogens is 331 g/mol. The molecule has 2 heterocycles. The van der Waals surface area contributed by atoms with E-state index in [2.05, 4.69) is 0 Å². The first-order valence-corrected chi connectivity index (χ1v) is 9.28. The molecule has 1 aliphatic heterocycles. The van der Waals surface area contributed by atoms with Crippen LogP contribution in [-0.2, 0) is 13.0 Å². The second kappa shape index (κ2) is 8.49. The molecule has 26 heavy (non-hydrogen) atoms. The van der Waals surface area contributed by atoms with Crippen LogP contribution in [0.1, 0.15) is 41.1 Å². The highest BCUT2D eigenvalue weighted by Crippen LogP contribution is 2.24. The Hall–Kier alpha value is -2.14. The van der Waals surface area contributed by atoms with Gasteiger partial charge >= 0.3 is 0 Å². The second-order valence-electron chi connectivity index (χ2n) is 7.43. The summed E-state index contributed by atoms with van der Waals surface area (Å²) >= 11 is 0. The maximum Gasteiger partial charge on any atom is 0.289 e. The minimum absolute atomic E-state index is 0.0227. The molecule has 0 N–H and O–H groups in total. The van der Waals surface area contributed by atoms with Crippen molar-refractivity contribution in [3.05, 3.63) is 59.3 Å². The van der Waals surface area contributed by atoms with E-state index in [1.54, 1.807) is 18.2 Å². The Balaban J connectivity index is 1.55. The number of halogens is 1. The van der Waals surface area contributed by atoms with Crippen LogP contribution >= 0.6 is 0 Å². The van der Waals surface area contributed by atoms with Gasteiger partial charge in [-0.15, -0.1) is 0 Å². The Morgan fingerprint density at radius 3 is 2.92 bits per heavy atom. The van der Waals surface area contributed by atoms with E-state index >= 15 is 0 Å². The molecule has 1 atom stereocenters. The molecule has 0 unspecified atom stereocenters. The molecular formula is C21H27FN2O2. The van der Waals surface area contributed by atoms with Crippen LogP contribution in [0.5, 0.6) is 0 Å². The zero-order valence-electron chi connectivity index (χ0n) is 15.6. The van der Waals surface area contributed by atoms with Crippen molar-refractivity contribution in [2.24, 2.45) is 5.92 Å². The van der Waals surface area contributed by atoms with Gasteiger partial charge in [0.1, 0.15) is 11.6 Å². The Labute approximate surface area is 154 Å². The molecule has 1 aliphatic rings. The minimum atomic E-state index is -0.186. The molecule has 1 amide bonds. The number of carbonyl (C=O) groups excluding carboxylic acids is 1. The van der Waals surface area contributed by atoms with E-state index in [-0.39, 0.29) is 11.7 Å². The third-order valence-electron chi connectivity index (χ3n) is 4.88. The fraction of sp³-hybridized carbons (Fsp3) is 0.476. The largest absolute Gasteiger partial charge is 0.455 e. The number of carbonyl (C=O) groups is 1. The molecule has 140 valence electrons. The maximum absolute atomic E-state index is 13.3. The Kier molecular flexibility index (Phi) is 6.09. The van der Waals surface area contributed by atoms with Crippen LogP contribution in [0.25, 0.3) is 0 Å². The van der Waals surface area contributed by atoms with Crippen molar-refractivity contribution in [1.29, 1.82) is 0 Å². The van der Waals surface area contributed by atoms with E-state index in [0.29, 0.717) is 18.2 Å². The molecule has 0 aliphatic carbocycles. The van der Waals surface area contributed by atoms with Crippen LogP contribution < -0.4 is 0 Å². The smallest absolute Gasteiger partial charge is 0.289 e. The van der Waals surface area contributed by atoms with Gasteiger partial charge in [-0.05, 0) is 75.5 Å². The normalized spacial score (nSPS) is 17.7. The van der Waals surface area contributed by atoms with Crippen LogP contribution in [0.4, 0.5) is 4.39 Å². The highest BCUT2D eigenvalue weighted by Gasteiger charge is 2.26. The average molecular weight is 358 g/mol. The molecule has 0 spiro atoms. The third kappa shape index (κ3) is 4.94. The van der Waals surface area contributed by atoms with Gasteiger partial charge < -0.3 is 14.2 Å². The number of aryl methyl sites for hydroxylation is 1. The van der Waals surface area contributed by atoms with E-state index in [0.717, 1.165) is 50.1 Å². The van der Waals surface area contributed by atoms with Crippen molar-refractivity contribution in [3.8, 4) is 0 Å². The molecule has 1 aromatic carbocycles. The topological polar surface area (TPSA) is 36.7 Å². The molecule has 3 rings (SSSR count). The maximum atomic E-state index is 13.3. The van der Waals surface area contributed by atoms with Gasteiger partial charge in [-0.25, -0.2) is 4.39 Å². The fourth-order valence-electron chi connectivity index (χ4n) is 3.59. The van der Waals surface area contributed by atoms with Gasteiger partial charge in [-0.1, -0.05) is 12.1 Å². The summed E-state index contributed by atoms with van der Waals surface area (Å²) in [5.74, 6) is 1.47. The van der Waals surface area contributed by atoms with Gasteiger partial charge in [-0.2, -0.15) is 0 Å². The van der Waals surface area contributed by atoms with E-state index < -0.39 is 0 Å². The number of rotatable bonds is 6. The Morgan fingerprint density at radius 2 is 2.15 bits per heavy atom. The third-order valence-corrected chi connectivity index (χ3v) is 4.88. The first-order valence-electron chi connectivity index (χ1n) is 9.28. The Morgan fingerprint density at radius 1 is 1.31 bits per heavy atom. The highest BCUT2D eigenvalue weighted by molar-refractivity contribution is 5.91. The SMILES string of the molecule is CN(C)Cc1ccc(C(=O)N2CCC[C@H](CCc3cccc(F)c3)C2)o1. The van der Waals surface area contributed by atoms with Crippen LogP contribution in [0, 0.1) is 11.7 Å². The molecule has 0 bridgehead atoms. The molecule has 1 fully saturated rings. The summed E-state index contributed by atoms with van der Waals surface area (Å²) in [6.45, 7) is 2.21. The van der Waals surface area contributed by atoms with Gasteiger partial charge in [-0.3, -0.25) is 4.79 Å². The average Bonchev–Trinajstić information content (AvgIpc) is 3.07. The predicted molar refractivity (Wildman–Crippen MR) is 99.4 cm³/mol. The van der Waals surface area contributed by atoms with Crippen LogP contribution in [0.2, 0.25) is 0 Å². The van der Waals surface area contributed by atoms with Crippen molar-refractivity contribution in [3.63, 3.8) is 0 Å². The minimum Gasteiger partial charge on any atom is -0.455 e. The molecule has 0 saturated carbocycles. The number of nitrogens with zero attached hydrogens (tertiary/aromatic N) is 2. The summed E-state index contributed by atoms with van der Waals surface area (Å²) in [6.07, 6.45) is 3.93. The van der Waals surface area contributed by atoms with Crippen molar-refractivity contribution < 1.29 is 13.6 Å². The van der Waals surface area contributed by atoms with E-state index in [4.69, 9.17) is 4.42 Å². The zero-order valence-corrected chi connectivity index (χ0v) is 15.6. The molecule has 1 aromatic heterocycles. The van der Waals surface area contributed by atoms with Gasteiger partial charge in [0.05, 0.1) is 6.54 Å². The van der Waals surface area contributed by atoms with Crippen molar-refractivity contribution in [2.75, 3.05) is 27.2 Å². The predicted octanol–water partition coefficient (Wildman–Crippen LogP) is 3.97. The van der Waals surface area contributed by atoms with Gasteiger partial charge in [0.2, 0.25) is 0 Å². The highest BCUT2D eigenvalue weighted by atomic mass is 19.1. The summed E-state index contributed by atoms with van der Waals surface area (Å²) < 4.78 is 19.0. The number of likely N-dealkylation sites (tertiary alicyclic amines) is 1. The van der Waals surface area contributed by atoms with E-state index in [9.17, 15) is 9.18 Å². The fourth-order valence-corrected chi connectivity index (χ4v) is 3.59. The van der Waals surface area contributed by atoms with Crippen LogP contribution in [0.3, 0.4) is 0 Å². The summed E-state index contributed by atoms with van der Waals surface area (Å²) in [5.41, 5.74) is 1.02. The number of furan rings is 1. The first kappa shape index (κ1) is 18.6. The lowest BCUT2D eigenvalue weighted by atomic mass is 9.91. The lowest BCUT2D eigenvalue weighted by Crippen LogP contribution is -2.39. The molecule has 5 heteroatoms. The monoisotopic (exact) mass is 358 g/mol. The summed E-state index contributed by atoms with van der Waals surface area (Å²) in [4.78, 5) is 16.6. The zero-order chi connectivity index (χ0) is 18.5. The summed E-state index contributed by atoms with van der Waals surface area (Å²) in [7, 11) is 3.94. The second-order valence-corrected chi connectivity index (χ2v) is 7.43. The molecule has 0 radical (unpaired) electrons. The number of hydrogen-bond acceptors (Lipinski definition) is 3. The molecule has 2 aromatic rings. The number of piperidine rings is 1. The van der Waals surface area contributed by atoms with Crippen molar-refractivity contribution in [2.45, 2.75) is 32.2 Å². The standard InChI is InChI=1S/C21H27FN2O2/c1-23(2)15-19-10-11-20(26-19)21(25)24-12-4-6-17(14-24)9-8-16-5-3-7-18(22)13-16/h3,5,7,10-11,13,17H,4,6,8-9,12,14-15H2,1-2H3/t17-/m1/s1. The first-order chi connectivity index (χ1) is 12.5. The van der Waals surface area contributed by atoms with E-state index in [1.807, 2.05) is 36.0 Å². The Bertz CT molecular complexity index is 741. The van der Waals surface area contributed by atoms with Gasteiger partial charge in [0.25, 0.3) is 5.91 Å². The van der Waals surface area contributed by atoms with Crippen molar-refractivity contribution >= 4 is 5.91 Å². The number of amides is 1. The quantitative estimate of drug-likeness (QED) is 0.784. The lowest BCUT2D eigenvalue weighted by Gasteiger charge is -2.32. The van der Waals surface area contributed by atoms with Crippen molar-refractivity contribution in [1.82, 2.24) is 9.80 Å². The number of hydrogen-bond donors (Lipinski definition) is 0. The van der Waals surface area contributed by atoms with Gasteiger partial charge in [0, 0.05) is 13.1 Å².